The van der Waals surface area contributed by atoms with Crippen molar-refractivity contribution in [1.29, 1.82) is 0 Å². The van der Waals surface area contributed by atoms with Gasteiger partial charge in [0.1, 0.15) is 5.82 Å². The Morgan fingerprint density at radius 1 is 1.24 bits per heavy atom. The van der Waals surface area contributed by atoms with E-state index in [4.69, 9.17) is 17.3 Å². The van der Waals surface area contributed by atoms with Crippen LogP contribution in [-0.4, -0.2) is 15.0 Å². The number of H-pyrrole nitrogens is 1. The van der Waals surface area contributed by atoms with Gasteiger partial charge in [0.15, 0.2) is 5.65 Å². The molecule has 0 radical (unpaired) electrons. The average molecular weight is 245 g/mol. The van der Waals surface area contributed by atoms with Crippen molar-refractivity contribution >= 4 is 28.5 Å². The number of nitrogens with one attached hydrogen (secondary N) is 1. The molecule has 1 aromatic carbocycles. The third-order valence-electron chi connectivity index (χ3n) is 2.53. The van der Waals surface area contributed by atoms with Crippen LogP contribution in [0.25, 0.3) is 22.6 Å². The first kappa shape index (κ1) is 10.1. The number of nitrogens with two attached hydrogens (primary N) is 1. The highest BCUT2D eigenvalue weighted by Gasteiger charge is 2.08. The van der Waals surface area contributed by atoms with Crippen molar-refractivity contribution in [1.82, 2.24) is 15.0 Å². The standard InChI is InChI=1S/C12H9ClN4/c13-7-3-4-8(9(14)6-7)11-16-10-2-1-5-15-12(10)17-11/h1-6H,14H2,(H,15,16,17). The SMILES string of the molecule is Nc1cc(Cl)ccc1-c1nc2ncccc2[nH]1. The zero-order chi connectivity index (χ0) is 11.8. The molecule has 0 amide bonds. The summed E-state index contributed by atoms with van der Waals surface area (Å²) in [6, 6.07) is 9.11. The minimum Gasteiger partial charge on any atom is -0.398 e. The van der Waals surface area contributed by atoms with E-state index < -0.39 is 0 Å². The Morgan fingerprint density at radius 2 is 2.12 bits per heavy atom. The number of nitrogens with zero attached hydrogens (tertiary/aromatic N) is 2. The van der Waals surface area contributed by atoms with Gasteiger partial charge in [-0.25, -0.2) is 9.97 Å². The number of benzene rings is 1. The number of hydrogen-bond donors (Lipinski definition) is 2. The largest absolute Gasteiger partial charge is 0.398 e. The maximum absolute atomic E-state index is 5.91. The van der Waals surface area contributed by atoms with E-state index in [1.54, 1.807) is 18.3 Å². The van der Waals surface area contributed by atoms with Crippen LogP contribution >= 0.6 is 11.6 Å². The lowest BCUT2D eigenvalue weighted by atomic mass is 10.2. The molecule has 0 aliphatic rings. The molecule has 0 aliphatic carbocycles. The maximum atomic E-state index is 5.91. The van der Waals surface area contributed by atoms with Gasteiger partial charge in [0, 0.05) is 22.5 Å². The third-order valence-corrected chi connectivity index (χ3v) is 2.76. The van der Waals surface area contributed by atoms with Crippen LogP contribution in [0.1, 0.15) is 0 Å². The van der Waals surface area contributed by atoms with Gasteiger partial charge in [-0.3, -0.25) is 0 Å². The number of aromatic nitrogens is 3. The Morgan fingerprint density at radius 3 is 2.88 bits per heavy atom. The summed E-state index contributed by atoms with van der Waals surface area (Å²) in [5.41, 5.74) is 8.89. The van der Waals surface area contributed by atoms with Crippen molar-refractivity contribution in [3.63, 3.8) is 0 Å². The Hall–Kier alpha value is -2.07. The molecule has 2 aromatic heterocycles. The number of rotatable bonds is 1. The van der Waals surface area contributed by atoms with E-state index in [-0.39, 0.29) is 0 Å². The molecular weight excluding hydrogens is 236 g/mol. The molecule has 5 heteroatoms. The van der Waals surface area contributed by atoms with Gasteiger partial charge >= 0.3 is 0 Å². The summed E-state index contributed by atoms with van der Waals surface area (Å²) in [4.78, 5) is 11.7. The topological polar surface area (TPSA) is 67.6 Å². The summed E-state index contributed by atoms with van der Waals surface area (Å²) in [6.45, 7) is 0. The van der Waals surface area contributed by atoms with Crippen LogP contribution in [0, 0.1) is 0 Å². The zero-order valence-corrected chi connectivity index (χ0v) is 9.57. The second kappa shape index (κ2) is 3.75. The molecular formula is C12H9ClN4. The molecule has 0 saturated heterocycles. The first-order valence-corrected chi connectivity index (χ1v) is 5.48. The first-order valence-electron chi connectivity index (χ1n) is 5.10. The average Bonchev–Trinajstić information content (AvgIpc) is 2.72. The number of nitrogen functional groups attached to an aromatic ring is 1. The number of imidazole rings is 1. The molecule has 0 bridgehead atoms. The quantitative estimate of drug-likeness (QED) is 0.647. The van der Waals surface area contributed by atoms with Gasteiger partial charge in [0.2, 0.25) is 0 Å². The van der Waals surface area contributed by atoms with Gasteiger partial charge in [0.05, 0.1) is 5.52 Å². The van der Waals surface area contributed by atoms with E-state index in [0.717, 1.165) is 11.1 Å². The van der Waals surface area contributed by atoms with Crippen LogP contribution in [0.5, 0.6) is 0 Å². The minimum atomic E-state index is 0.594. The van der Waals surface area contributed by atoms with Crippen molar-refractivity contribution in [3.8, 4) is 11.4 Å². The molecule has 0 atom stereocenters. The Balaban J connectivity index is 2.20. The minimum absolute atomic E-state index is 0.594. The van der Waals surface area contributed by atoms with Crippen LogP contribution in [0.2, 0.25) is 5.02 Å². The summed E-state index contributed by atoms with van der Waals surface area (Å²) in [5.74, 6) is 0.702. The Bertz CT molecular complexity index is 657. The van der Waals surface area contributed by atoms with Gasteiger partial charge in [-0.05, 0) is 30.3 Å². The summed E-state index contributed by atoms with van der Waals surface area (Å²) < 4.78 is 0. The summed E-state index contributed by atoms with van der Waals surface area (Å²) in [7, 11) is 0. The second-order valence-electron chi connectivity index (χ2n) is 3.69. The van der Waals surface area contributed by atoms with Crippen molar-refractivity contribution in [3.05, 3.63) is 41.6 Å². The molecule has 4 nitrogen and oxygen atoms in total. The number of hydrogen-bond acceptors (Lipinski definition) is 3. The Labute approximate surface area is 102 Å². The lowest BCUT2D eigenvalue weighted by Gasteiger charge is -2.01. The van der Waals surface area contributed by atoms with E-state index in [9.17, 15) is 0 Å². The van der Waals surface area contributed by atoms with Crippen LogP contribution < -0.4 is 5.73 Å². The first-order chi connectivity index (χ1) is 8.24. The molecule has 2 heterocycles. The van der Waals surface area contributed by atoms with Crippen LogP contribution in [0.15, 0.2) is 36.5 Å². The van der Waals surface area contributed by atoms with Crippen LogP contribution in [0.3, 0.4) is 0 Å². The molecule has 3 aromatic rings. The smallest absolute Gasteiger partial charge is 0.178 e. The fourth-order valence-corrected chi connectivity index (χ4v) is 1.90. The zero-order valence-electron chi connectivity index (χ0n) is 8.81. The molecule has 3 rings (SSSR count). The van der Waals surface area contributed by atoms with Crippen molar-refractivity contribution in [2.45, 2.75) is 0 Å². The summed E-state index contributed by atoms with van der Waals surface area (Å²) in [5, 5.41) is 0.612. The molecule has 0 fully saturated rings. The fourth-order valence-electron chi connectivity index (χ4n) is 1.72. The van der Waals surface area contributed by atoms with E-state index in [0.29, 0.717) is 22.2 Å². The number of aromatic amines is 1. The van der Waals surface area contributed by atoms with Gasteiger partial charge in [0.25, 0.3) is 0 Å². The van der Waals surface area contributed by atoms with E-state index in [2.05, 4.69) is 15.0 Å². The lowest BCUT2D eigenvalue weighted by Crippen LogP contribution is -1.91. The van der Waals surface area contributed by atoms with E-state index in [1.165, 1.54) is 0 Å². The third kappa shape index (κ3) is 1.72. The van der Waals surface area contributed by atoms with Crippen molar-refractivity contribution in [2.75, 3.05) is 5.73 Å². The fraction of sp³-hybridized carbons (Fsp3) is 0. The van der Waals surface area contributed by atoms with Gasteiger partial charge < -0.3 is 10.7 Å². The maximum Gasteiger partial charge on any atom is 0.178 e. The number of fused-ring (bicyclic) bond motifs is 1. The predicted molar refractivity (Wildman–Crippen MR) is 68.7 cm³/mol. The molecule has 0 aliphatic heterocycles. The molecule has 3 N–H and O–H groups in total. The molecule has 0 saturated carbocycles. The Kier molecular flexibility index (Phi) is 2.23. The van der Waals surface area contributed by atoms with Gasteiger partial charge in [-0.2, -0.15) is 0 Å². The highest BCUT2D eigenvalue weighted by Crippen LogP contribution is 2.27. The number of halogens is 1. The van der Waals surface area contributed by atoms with Gasteiger partial charge in [-0.15, -0.1) is 0 Å². The van der Waals surface area contributed by atoms with E-state index in [1.807, 2.05) is 18.2 Å². The lowest BCUT2D eigenvalue weighted by molar-refractivity contribution is 1.30. The molecule has 17 heavy (non-hydrogen) atoms. The normalized spacial score (nSPS) is 10.9. The predicted octanol–water partition coefficient (Wildman–Crippen LogP) is 2.86. The van der Waals surface area contributed by atoms with Crippen molar-refractivity contribution in [2.24, 2.45) is 0 Å². The molecule has 84 valence electrons. The number of pyridine rings is 1. The summed E-state index contributed by atoms with van der Waals surface area (Å²) >= 11 is 5.86. The second-order valence-corrected chi connectivity index (χ2v) is 4.13. The monoisotopic (exact) mass is 244 g/mol. The van der Waals surface area contributed by atoms with Crippen molar-refractivity contribution < 1.29 is 0 Å². The highest BCUT2D eigenvalue weighted by atomic mass is 35.5. The van der Waals surface area contributed by atoms with E-state index >= 15 is 0 Å². The van der Waals surface area contributed by atoms with Gasteiger partial charge in [-0.1, -0.05) is 11.6 Å². The van der Waals surface area contributed by atoms with Crippen LogP contribution in [-0.2, 0) is 0 Å². The number of anilines is 1. The summed E-state index contributed by atoms with van der Waals surface area (Å²) in [6.07, 6.45) is 1.71. The molecule has 0 unspecified atom stereocenters. The van der Waals surface area contributed by atoms with Crippen LogP contribution in [0.4, 0.5) is 5.69 Å². The molecule has 0 spiro atoms. The highest BCUT2D eigenvalue weighted by molar-refractivity contribution is 6.31.